The van der Waals surface area contributed by atoms with Gasteiger partial charge in [-0.05, 0) is 80.4 Å². The number of carbonyl (C=O) groups excluding carboxylic acids is 1. The molecule has 6 nitrogen and oxygen atoms in total. The molecule has 2 aromatic carbocycles. The summed E-state index contributed by atoms with van der Waals surface area (Å²) in [5, 5.41) is -0.275. The molecule has 0 atom stereocenters. The lowest BCUT2D eigenvalue weighted by Crippen LogP contribution is -2.30. The van der Waals surface area contributed by atoms with Gasteiger partial charge in [0.25, 0.3) is 5.91 Å². The minimum atomic E-state index is -3.88. The van der Waals surface area contributed by atoms with Gasteiger partial charge in [-0.1, -0.05) is 23.8 Å². The summed E-state index contributed by atoms with van der Waals surface area (Å²) < 4.78 is 36.8. The standard InChI is InChI=1S/C25H23NO5S/c1-17-6-10-22(11-7-17)32(28,29)24-13-12-23(31-24)25(27)26(16-21-5-4-14-30-21)20-9-8-18(2)19(3)15-20/h4-15H,16H2,1-3H3. The topological polar surface area (TPSA) is 80.7 Å². The quantitative estimate of drug-likeness (QED) is 0.389. The highest BCUT2D eigenvalue weighted by molar-refractivity contribution is 7.91. The fraction of sp³-hybridized carbons (Fsp3) is 0.160. The Bertz CT molecular complexity index is 1350. The minimum Gasteiger partial charge on any atom is -0.467 e. The smallest absolute Gasteiger partial charge is 0.294 e. The molecule has 0 aliphatic carbocycles. The highest BCUT2D eigenvalue weighted by Gasteiger charge is 2.27. The average molecular weight is 450 g/mol. The van der Waals surface area contributed by atoms with Crippen LogP contribution in [0, 0.1) is 20.8 Å². The van der Waals surface area contributed by atoms with Crippen molar-refractivity contribution in [2.75, 3.05) is 4.90 Å². The third kappa shape index (κ3) is 4.24. The molecular formula is C25H23NO5S. The van der Waals surface area contributed by atoms with Gasteiger partial charge in [0.2, 0.25) is 14.9 Å². The van der Waals surface area contributed by atoms with Gasteiger partial charge in [-0.3, -0.25) is 9.69 Å². The van der Waals surface area contributed by atoms with Crippen molar-refractivity contribution in [1.29, 1.82) is 0 Å². The zero-order valence-corrected chi connectivity index (χ0v) is 18.8. The Morgan fingerprint density at radius 3 is 2.31 bits per heavy atom. The number of anilines is 1. The van der Waals surface area contributed by atoms with Gasteiger partial charge in [0, 0.05) is 5.69 Å². The average Bonchev–Trinajstić information content (AvgIpc) is 3.46. The van der Waals surface area contributed by atoms with Crippen LogP contribution in [-0.4, -0.2) is 14.3 Å². The summed E-state index contributed by atoms with van der Waals surface area (Å²) in [6.45, 7) is 6.01. The second-order valence-electron chi connectivity index (χ2n) is 7.67. The molecule has 2 aromatic heterocycles. The van der Waals surface area contributed by atoms with Crippen molar-refractivity contribution in [3.63, 3.8) is 0 Å². The van der Waals surface area contributed by atoms with Crippen LogP contribution < -0.4 is 4.90 Å². The number of benzene rings is 2. The van der Waals surface area contributed by atoms with E-state index in [-0.39, 0.29) is 22.3 Å². The van der Waals surface area contributed by atoms with Gasteiger partial charge in [-0.25, -0.2) is 8.42 Å². The molecule has 0 N–H and O–H groups in total. The molecule has 1 amide bonds. The van der Waals surface area contributed by atoms with Crippen LogP contribution in [0.3, 0.4) is 0 Å². The highest BCUT2D eigenvalue weighted by atomic mass is 32.2. The van der Waals surface area contributed by atoms with Crippen LogP contribution in [0.5, 0.6) is 0 Å². The second kappa shape index (κ2) is 8.51. The predicted octanol–water partition coefficient (Wildman–Crippen LogP) is 5.48. The van der Waals surface area contributed by atoms with Crippen molar-refractivity contribution in [2.45, 2.75) is 37.3 Å². The summed E-state index contributed by atoms with van der Waals surface area (Å²) in [6, 6.07) is 18.4. The first-order valence-electron chi connectivity index (χ1n) is 10.1. The molecule has 32 heavy (non-hydrogen) atoms. The van der Waals surface area contributed by atoms with E-state index in [0.717, 1.165) is 16.7 Å². The summed E-state index contributed by atoms with van der Waals surface area (Å²) in [4.78, 5) is 15.0. The molecular weight excluding hydrogens is 426 g/mol. The Morgan fingerprint density at radius 2 is 1.66 bits per heavy atom. The van der Waals surface area contributed by atoms with Crippen molar-refractivity contribution in [2.24, 2.45) is 0 Å². The summed E-state index contributed by atoms with van der Waals surface area (Å²) in [5.41, 5.74) is 3.74. The molecule has 2 heterocycles. The lowest BCUT2D eigenvalue weighted by molar-refractivity contribution is 0.0951. The highest BCUT2D eigenvalue weighted by Crippen LogP contribution is 2.27. The molecule has 4 aromatic rings. The maximum Gasteiger partial charge on any atom is 0.294 e. The van der Waals surface area contributed by atoms with Gasteiger partial charge in [0.1, 0.15) is 5.76 Å². The number of furan rings is 2. The van der Waals surface area contributed by atoms with Crippen molar-refractivity contribution in [1.82, 2.24) is 0 Å². The lowest BCUT2D eigenvalue weighted by Gasteiger charge is -2.21. The fourth-order valence-electron chi connectivity index (χ4n) is 3.28. The van der Waals surface area contributed by atoms with Gasteiger partial charge < -0.3 is 8.83 Å². The Labute approximate surface area is 187 Å². The maximum atomic E-state index is 13.4. The van der Waals surface area contributed by atoms with Gasteiger partial charge in [-0.2, -0.15) is 0 Å². The number of aryl methyl sites for hydroxylation is 3. The predicted molar refractivity (Wildman–Crippen MR) is 120 cm³/mol. The van der Waals surface area contributed by atoms with Gasteiger partial charge in [0.05, 0.1) is 17.7 Å². The number of carbonyl (C=O) groups is 1. The van der Waals surface area contributed by atoms with Gasteiger partial charge in [-0.15, -0.1) is 0 Å². The molecule has 164 valence electrons. The summed E-state index contributed by atoms with van der Waals surface area (Å²) in [7, 11) is -3.88. The Morgan fingerprint density at radius 1 is 0.906 bits per heavy atom. The first kappa shape index (κ1) is 21.6. The van der Waals surface area contributed by atoms with Crippen LogP contribution in [0.1, 0.15) is 33.0 Å². The van der Waals surface area contributed by atoms with E-state index in [2.05, 4.69) is 0 Å². The molecule has 0 bridgehead atoms. The molecule has 7 heteroatoms. The number of hydrogen-bond acceptors (Lipinski definition) is 5. The van der Waals surface area contributed by atoms with Crippen LogP contribution in [0.2, 0.25) is 0 Å². The SMILES string of the molecule is Cc1ccc(S(=O)(=O)c2ccc(C(=O)N(Cc3ccco3)c3ccc(C)c(C)c3)o2)cc1. The maximum absolute atomic E-state index is 13.4. The molecule has 0 radical (unpaired) electrons. The number of rotatable bonds is 6. The van der Waals surface area contributed by atoms with Crippen LogP contribution >= 0.6 is 0 Å². The Balaban J connectivity index is 1.69. The number of hydrogen-bond donors (Lipinski definition) is 0. The summed E-state index contributed by atoms with van der Waals surface area (Å²) in [6.07, 6.45) is 1.54. The molecule has 0 aliphatic heterocycles. The normalized spacial score (nSPS) is 11.5. The molecule has 0 saturated carbocycles. The third-order valence-corrected chi connectivity index (χ3v) is 6.97. The van der Waals surface area contributed by atoms with E-state index < -0.39 is 15.7 Å². The summed E-state index contributed by atoms with van der Waals surface area (Å²) >= 11 is 0. The lowest BCUT2D eigenvalue weighted by atomic mass is 10.1. The van der Waals surface area contributed by atoms with E-state index in [9.17, 15) is 13.2 Å². The Kier molecular flexibility index (Phi) is 5.76. The zero-order valence-electron chi connectivity index (χ0n) is 18.0. The van der Waals surface area contributed by atoms with Crippen LogP contribution in [0.25, 0.3) is 0 Å². The van der Waals surface area contributed by atoms with Gasteiger partial charge >= 0.3 is 0 Å². The van der Waals surface area contributed by atoms with E-state index in [1.165, 1.54) is 35.4 Å². The van der Waals surface area contributed by atoms with Crippen molar-refractivity contribution >= 4 is 21.4 Å². The third-order valence-electron chi connectivity index (χ3n) is 5.33. The van der Waals surface area contributed by atoms with E-state index in [4.69, 9.17) is 8.83 Å². The van der Waals surface area contributed by atoms with E-state index in [1.54, 1.807) is 24.3 Å². The molecule has 0 unspecified atom stereocenters. The first-order valence-corrected chi connectivity index (χ1v) is 11.6. The minimum absolute atomic E-state index is 0.0690. The Hall–Kier alpha value is -3.58. The number of amides is 1. The van der Waals surface area contributed by atoms with Gasteiger partial charge in [0.15, 0.2) is 5.76 Å². The fourth-order valence-corrected chi connectivity index (χ4v) is 4.45. The number of nitrogens with zero attached hydrogens (tertiary/aromatic N) is 1. The molecule has 0 saturated heterocycles. The molecule has 0 fully saturated rings. The van der Waals surface area contributed by atoms with Crippen LogP contribution in [-0.2, 0) is 16.4 Å². The first-order chi connectivity index (χ1) is 15.3. The second-order valence-corrected chi connectivity index (χ2v) is 9.56. The van der Waals surface area contributed by atoms with E-state index in [0.29, 0.717) is 11.4 Å². The monoisotopic (exact) mass is 449 g/mol. The molecule has 4 rings (SSSR count). The summed E-state index contributed by atoms with van der Waals surface area (Å²) in [5.74, 6) is 0.0612. The molecule has 0 spiro atoms. The van der Waals surface area contributed by atoms with Crippen molar-refractivity contribution < 1.29 is 22.0 Å². The van der Waals surface area contributed by atoms with Crippen LogP contribution in [0.15, 0.2) is 91.8 Å². The zero-order chi connectivity index (χ0) is 22.9. The van der Waals surface area contributed by atoms with Crippen LogP contribution in [0.4, 0.5) is 5.69 Å². The largest absolute Gasteiger partial charge is 0.467 e. The van der Waals surface area contributed by atoms with Crippen molar-refractivity contribution in [3.05, 3.63) is 101 Å². The molecule has 0 aliphatic rings. The van der Waals surface area contributed by atoms with E-state index >= 15 is 0 Å². The number of sulfone groups is 1. The van der Waals surface area contributed by atoms with E-state index in [1.807, 2.05) is 39.0 Å². The van der Waals surface area contributed by atoms with Crippen molar-refractivity contribution in [3.8, 4) is 0 Å².